The van der Waals surface area contributed by atoms with E-state index in [1.54, 1.807) is 17.4 Å². The molecule has 0 spiro atoms. The Balaban J connectivity index is 1.45. The Morgan fingerprint density at radius 1 is 1.00 bits per heavy atom. The number of nitrogens with zero attached hydrogens (tertiary/aromatic N) is 2. The van der Waals surface area contributed by atoms with Gasteiger partial charge in [0.1, 0.15) is 0 Å². The summed E-state index contributed by atoms with van der Waals surface area (Å²) in [7, 11) is 0. The van der Waals surface area contributed by atoms with Crippen LogP contribution in [0.3, 0.4) is 0 Å². The number of ether oxygens (including phenoxy) is 1. The summed E-state index contributed by atoms with van der Waals surface area (Å²) >= 11 is 20.9. The maximum absolute atomic E-state index is 6.57. The van der Waals surface area contributed by atoms with E-state index in [1.165, 1.54) is 18.4 Å². The second-order valence-corrected chi connectivity index (χ2v) is 12.4. The molecule has 1 fully saturated rings. The molecule has 0 bridgehead atoms. The SMILES string of the molecule is CCCN(c1nc(-c2ccc(Cl)cc2Cl)c(C)s1)C(c1cccc(C(CCl)OCc2ccccc2)c1)C1CC1. The smallest absolute Gasteiger partial charge is 0.186 e. The van der Waals surface area contributed by atoms with Crippen LogP contribution in [0.1, 0.15) is 59.9 Å². The van der Waals surface area contributed by atoms with Gasteiger partial charge in [-0.25, -0.2) is 4.98 Å². The summed E-state index contributed by atoms with van der Waals surface area (Å²) in [6.45, 7) is 5.81. The molecule has 1 aliphatic rings. The third-order valence-corrected chi connectivity index (χ3v) is 8.98. The minimum Gasteiger partial charge on any atom is -0.368 e. The molecule has 1 aliphatic carbocycles. The van der Waals surface area contributed by atoms with Crippen LogP contribution in [0.25, 0.3) is 11.3 Å². The van der Waals surface area contributed by atoms with Crippen molar-refractivity contribution in [2.24, 2.45) is 5.92 Å². The van der Waals surface area contributed by atoms with E-state index in [1.807, 2.05) is 30.3 Å². The zero-order valence-electron chi connectivity index (χ0n) is 22.2. The first-order valence-electron chi connectivity index (χ1n) is 13.5. The van der Waals surface area contributed by atoms with Gasteiger partial charge in [0, 0.05) is 22.0 Å². The highest BCUT2D eigenvalue weighted by Crippen LogP contribution is 2.48. The fourth-order valence-electron chi connectivity index (χ4n) is 5.09. The number of rotatable bonds is 12. The van der Waals surface area contributed by atoms with Crippen molar-refractivity contribution in [3.63, 3.8) is 0 Å². The third-order valence-electron chi connectivity index (χ3n) is 7.14. The molecule has 5 rings (SSSR count). The van der Waals surface area contributed by atoms with Crippen LogP contribution >= 0.6 is 46.1 Å². The van der Waals surface area contributed by atoms with Gasteiger partial charge < -0.3 is 9.64 Å². The van der Waals surface area contributed by atoms with Crippen molar-refractivity contribution in [2.75, 3.05) is 17.3 Å². The monoisotopic (exact) mass is 598 g/mol. The quantitative estimate of drug-likeness (QED) is 0.151. The van der Waals surface area contributed by atoms with Crippen molar-refractivity contribution in [2.45, 2.75) is 51.9 Å². The molecule has 0 saturated heterocycles. The van der Waals surface area contributed by atoms with Gasteiger partial charge in [0.05, 0.1) is 35.3 Å². The molecule has 1 aromatic heterocycles. The lowest BCUT2D eigenvalue weighted by Crippen LogP contribution is -2.31. The van der Waals surface area contributed by atoms with Gasteiger partial charge in [-0.05, 0) is 67.0 Å². The van der Waals surface area contributed by atoms with Crippen molar-refractivity contribution in [3.8, 4) is 11.3 Å². The molecule has 1 heterocycles. The van der Waals surface area contributed by atoms with Crippen LogP contribution in [0.5, 0.6) is 0 Å². The number of hydrogen-bond acceptors (Lipinski definition) is 4. The summed E-state index contributed by atoms with van der Waals surface area (Å²) in [6.07, 6.45) is 3.30. The van der Waals surface area contributed by atoms with Crippen LogP contribution < -0.4 is 4.90 Å². The largest absolute Gasteiger partial charge is 0.368 e. The van der Waals surface area contributed by atoms with E-state index in [9.17, 15) is 0 Å². The van der Waals surface area contributed by atoms with E-state index < -0.39 is 0 Å². The number of aromatic nitrogens is 1. The number of aryl methyl sites for hydroxylation is 1. The Labute approximate surface area is 250 Å². The van der Waals surface area contributed by atoms with Crippen LogP contribution in [-0.2, 0) is 11.3 Å². The second kappa shape index (κ2) is 13.1. The summed E-state index contributed by atoms with van der Waals surface area (Å²) in [6, 6.07) is 24.9. The lowest BCUT2D eigenvalue weighted by Gasteiger charge is -2.32. The van der Waals surface area contributed by atoms with Crippen LogP contribution in [0.2, 0.25) is 10.0 Å². The Bertz CT molecular complexity index is 1390. The first-order valence-corrected chi connectivity index (χ1v) is 15.6. The summed E-state index contributed by atoms with van der Waals surface area (Å²) < 4.78 is 6.28. The third kappa shape index (κ3) is 6.81. The molecule has 3 aromatic carbocycles. The number of halogens is 3. The highest BCUT2D eigenvalue weighted by Gasteiger charge is 2.38. The summed E-state index contributed by atoms with van der Waals surface area (Å²) in [5.74, 6) is 0.998. The molecular weight excluding hydrogens is 567 g/mol. The predicted octanol–water partition coefficient (Wildman–Crippen LogP) is 10.3. The van der Waals surface area contributed by atoms with Gasteiger partial charge in [0.2, 0.25) is 0 Å². The van der Waals surface area contributed by atoms with Crippen molar-refractivity contribution >= 4 is 51.3 Å². The van der Waals surface area contributed by atoms with Gasteiger partial charge in [-0.2, -0.15) is 0 Å². The zero-order valence-corrected chi connectivity index (χ0v) is 25.3. The molecule has 2 atom stereocenters. The Hall–Kier alpha value is -2.08. The number of thiazole rings is 1. The molecule has 204 valence electrons. The summed E-state index contributed by atoms with van der Waals surface area (Å²) in [5, 5.41) is 2.28. The van der Waals surface area contributed by atoms with E-state index >= 15 is 0 Å². The van der Waals surface area contributed by atoms with Gasteiger partial charge in [-0.1, -0.05) is 84.7 Å². The maximum Gasteiger partial charge on any atom is 0.186 e. The second-order valence-electron chi connectivity index (χ2n) is 10.1. The van der Waals surface area contributed by atoms with E-state index in [0.717, 1.165) is 45.4 Å². The van der Waals surface area contributed by atoms with Crippen molar-refractivity contribution < 1.29 is 4.74 Å². The first kappa shape index (κ1) is 28.4. The standard InChI is InChI=1S/C32H33Cl3N2OS/c1-3-16-37(32-36-30(21(2)39-32)27-15-14-26(34)18-28(27)35)31(23-12-13-23)25-11-7-10-24(17-25)29(19-33)38-20-22-8-5-4-6-9-22/h4-11,14-15,17-18,23,29,31H,3,12-13,16,19-20H2,1-2H3. The summed E-state index contributed by atoms with van der Waals surface area (Å²) in [4.78, 5) is 8.80. The number of alkyl halides is 1. The van der Waals surface area contributed by atoms with Crippen LogP contribution in [-0.4, -0.2) is 17.4 Å². The van der Waals surface area contributed by atoms with Crippen molar-refractivity contribution in [1.82, 2.24) is 4.98 Å². The average Bonchev–Trinajstić information content (AvgIpc) is 3.70. The van der Waals surface area contributed by atoms with Gasteiger partial charge in [0.15, 0.2) is 5.13 Å². The fourth-order valence-corrected chi connectivity index (χ4v) is 6.84. The Kier molecular flexibility index (Phi) is 9.52. The summed E-state index contributed by atoms with van der Waals surface area (Å²) in [5.41, 5.74) is 5.40. The van der Waals surface area contributed by atoms with Crippen molar-refractivity contribution in [3.05, 3.63) is 104 Å². The molecule has 4 aromatic rings. The molecule has 0 N–H and O–H groups in total. The first-order chi connectivity index (χ1) is 19.0. The normalized spacial score (nSPS) is 14.8. The van der Waals surface area contributed by atoms with E-state index in [2.05, 4.69) is 55.1 Å². The van der Waals surface area contributed by atoms with Gasteiger partial charge in [-0.3, -0.25) is 0 Å². The fraction of sp³-hybridized carbons (Fsp3) is 0.344. The molecule has 39 heavy (non-hydrogen) atoms. The van der Waals surface area contributed by atoms with Gasteiger partial charge >= 0.3 is 0 Å². The van der Waals surface area contributed by atoms with Gasteiger partial charge in [-0.15, -0.1) is 22.9 Å². The van der Waals surface area contributed by atoms with Gasteiger partial charge in [0.25, 0.3) is 0 Å². The molecule has 0 amide bonds. The molecule has 3 nitrogen and oxygen atoms in total. The van der Waals surface area contributed by atoms with Crippen LogP contribution in [0, 0.1) is 12.8 Å². The molecule has 7 heteroatoms. The van der Waals surface area contributed by atoms with Crippen LogP contribution in [0.15, 0.2) is 72.8 Å². The molecule has 0 radical (unpaired) electrons. The minimum absolute atomic E-state index is 0.174. The van der Waals surface area contributed by atoms with Crippen LogP contribution in [0.4, 0.5) is 5.13 Å². The number of hydrogen-bond donors (Lipinski definition) is 0. The zero-order chi connectivity index (χ0) is 27.4. The predicted molar refractivity (Wildman–Crippen MR) is 167 cm³/mol. The lowest BCUT2D eigenvalue weighted by atomic mass is 9.97. The minimum atomic E-state index is -0.174. The van der Waals surface area contributed by atoms with E-state index in [-0.39, 0.29) is 12.1 Å². The molecule has 2 unspecified atom stereocenters. The average molecular weight is 600 g/mol. The lowest BCUT2D eigenvalue weighted by molar-refractivity contribution is 0.0548. The Morgan fingerprint density at radius 3 is 2.46 bits per heavy atom. The highest BCUT2D eigenvalue weighted by atomic mass is 35.5. The maximum atomic E-state index is 6.57. The molecular formula is C32H33Cl3N2OS. The van der Waals surface area contributed by atoms with E-state index in [0.29, 0.717) is 28.5 Å². The van der Waals surface area contributed by atoms with Crippen molar-refractivity contribution in [1.29, 1.82) is 0 Å². The molecule has 1 saturated carbocycles. The topological polar surface area (TPSA) is 25.4 Å². The molecule has 0 aliphatic heterocycles. The number of anilines is 1. The number of benzene rings is 3. The van der Waals surface area contributed by atoms with E-state index in [4.69, 9.17) is 44.5 Å². The Morgan fingerprint density at radius 2 is 1.77 bits per heavy atom. The highest BCUT2D eigenvalue weighted by molar-refractivity contribution is 7.16.